The standard InChI is InChI=1S/C24H22ClN5/c1-15-14-29(21-9-7-20(25)8-10-21)23-12-18(19-5-4-16(2)26-13-19)6-11-22(23)30-17(3)27-28-24(15)30/h4-13,15H,14H2,1-3H3/t15-/m0/s1. The van der Waals surface area contributed by atoms with Crippen molar-refractivity contribution in [2.75, 3.05) is 11.4 Å². The third kappa shape index (κ3) is 3.15. The summed E-state index contributed by atoms with van der Waals surface area (Å²) in [6, 6.07) is 18.7. The Morgan fingerprint density at radius 1 is 0.900 bits per heavy atom. The van der Waals surface area contributed by atoms with Crippen LogP contribution in [0.1, 0.15) is 30.2 Å². The lowest BCUT2D eigenvalue weighted by Crippen LogP contribution is -2.22. The molecule has 0 amide bonds. The molecule has 0 saturated heterocycles. The first-order valence-electron chi connectivity index (χ1n) is 10.0. The Labute approximate surface area is 181 Å². The molecular weight excluding hydrogens is 394 g/mol. The number of anilines is 2. The van der Waals surface area contributed by atoms with Crippen molar-refractivity contribution in [3.8, 4) is 16.8 Å². The van der Waals surface area contributed by atoms with Gasteiger partial charge in [0.1, 0.15) is 11.6 Å². The maximum absolute atomic E-state index is 6.16. The molecule has 0 bridgehead atoms. The molecule has 0 saturated carbocycles. The number of fused-ring (bicyclic) bond motifs is 3. The quantitative estimate of drug-likeness (QED) is 0.411. The number of halogens is 1. The van der Waals surface area contributed by atoms with E-state index in [1.165, 1.54) is 0 Å². The molecule has 0 fully saturated rings. The van der Waals surface area contributed by atoms with E-state index in [0.717, 1.165) is 57.1 Å². The molecule has 0 radical (unpaired) electrons. The topological polar surface area (TPSA) is 46.8 Å². The van der Waals surface area contributed by atoms with E-state index in [-0.39, 0.29) is 5.92 Å². The molecule has 0 unspecified atom stereocenters. The Balaban J connectivity index is 1.73. The fraction of sp³-hybridized carbons (Fsp3) is 0.208. The molecule has 0 N–H and O–H groups in total. The summed E-state index contributed by atoms with van der Waals surface area (Å²) in [5, 5.41) is 9.57. The number of benzene rings is 2. The first kappa shape index (κ1) is 18.8. The van der Waals surface area contributed by atoms with Gasteiger partial charge in [-0.3, -0.25) is 9.55 Å². The van der Waals surface area contributed by atoms with Crippen LogP contribution in [0.15, 0.2) is 60.8 Å². The van der Waals surface area contributed by atoms with Crippen molar-refractivity contribution in [2.45, 2.75) is 26.7 Å². The number of aryl methyl sites for hydroxylation is 2. The molecule has 5 rings (SSSR count). The van der Waals surface area contributed by atoms with Gasteiger partial charge in [0.05, 0.1) is 11.4 Å². The van der Waals surface area contributed by atoms with Crippen LogP contribution in [0.4, 0.5) is 11.4 Å². The van der Waals surface area contributed by atoms with E-state index in [0.29, 0.717) is 0 Å². The molecule has 0 spiro atoms. The molecule has 6 heteroatoms. The second kappa shape index (κ2) is 7.26. The second-order valence-electron chi connectivity index (χ2n) is 7.82. The van der Waals surface area contributed by atoms with Crippen molar-refractivity contribution >= 4 is 23.0 Å². The molecular formula is C24H22ClN5. The van der Waals surface area contributed by atoms with Gasteiger partial charge in [-0.2, -0.15) is 0 Å². The number of nitrogens with zero attached hydrogens (tertiary/aromatic N) is 5. The maximum atomic E-state index is 6.16. The van der Waals surface area contributed by atoms with Gasteiger partial charge >= 0.3 is 0 Å². The molecule has 2 aromatic carbocycles. The number of pyridine rings is 1. The van der Waals surface area contributed by atoms with Gasteiger partial charge in [-0.1, -0.05) is 30.7 Å². The van der Waals surface area contributed by atoms with Crippen LogP contribution in [0.25, 0.3) is 16.8 Å². The zero-order valence-electron chi connectivity index (χ0n) is 17.2. The van der Waals surface area contributed by atoms with E-state index < -0.39 is 0 Å². The average Bonchev–Trinajstić information content (AvgIpc) is 3.08. The van der Waals surface area contributed by atoms with Gasteiger partial charge in [-0.15, -0.1) is 10.2 Å². The van der Waals surface area contributed by atoms with Crippen molar-refractivity contribution in [1.29, 1.82) is 0 Å². The highest BCUT2D eigenvalue weighted by atomic mass is 35.5. The summed E-state index contributed by atoms with van der Waals surface area (Å²) >= 11 is 6.16. The smallest absolute Gasteiger partial charge is 0.142 e. The van der Waals surface area contributed by atoms with Crippen LogP contribution in [-0.4, -0.2) is 26.3 Å². The molecule has 3 heterocycles. The molecule has 30 heavy (non-hydrogen) atoms. The highest BCUT2D eigenvalue weighted by Crippen LogP contribution is 2.40. The lowest BCUT2D eigenvalue weighted by atomic mass is 10.0. The Kier molecular flexibility index (Phi) is 4.55. The van der Waals surface area contributed by atoms with Gasteiger partial charge < -0.3 is 4.90 Å². The number of aromatic nitrogens is 4. The highest BCUT2D eigenvalue weighted by molar-refractivity contribution is 6.30. The third-order valence-electron chi connectivity index (χ3n) is 5.64. The first-order chi connectivity index (χ1) is 14.5. The van der Waals surface area contributed by atoms with Crippen LogP contribution in [-0.2, 0) is 0 Å². The van der Waals surface area contributed by atoms with Gasteiger partial charge in [0.2, 0.25) is 0 Å². The van der Waals surface area contributed by atoms with Crippen LogP contribution in [0.2, 0.25) is 5.02 Å². The van der Waals surface area contributed by atoms with Crippen molar-refractivity contribution in [1.82, 2.24) is 19.7 Å². The second-order valence-corrected chi connectivity index (χ2v) is 8.26. The van der Waals surface area contributed by atoms with Crippen molar-refractivity contribution < 1.29 is 0 Å². The Bertz CT molecular complexity index is 1210. The summed E-state index contributed by atoms with van der Waals surface area (Å²) in [7, 11) is 0. The SMILES string of the molecule is Cc1ccc(-c2ccc3c(c2)N(c2ccc(Cl)cc2)C[C@H](C)c2nnc(C)n2-3)cn1. The van der Waals surface area contributed by atoms with Crippen LogP contribution < -0.4 is 4.90 Å². The number of hydrogen-bond acceptors (Lipinski definition) is 4. The molecule has 0 aliphatic carbocycles. The normalized spacial score (nSPS) is 15.5. The van der Waals surface area contributed by atoms with E-state index in [1.807, 2.05) is 38.2 Å². The first-order valence-corrected chi connectivity index (χ1v) is 10.4. The van der Waals surface area contributed by atoms with E-state index in [9.17, 15) is 0 Å². The minimum Gasteiger partial charge on any atom is -0.339 e. The summed E-state index contributed by atoms with van der Waals surface area (Å²) in [4.78, 5) is 6.82. The van der Waals surface area contributed by atoms with Gasteiger partial charge in [0.25, 0.3) is 0 Å². The summed E-state index contributed by atoms with van der Waals surface area (Å²) in [5.41, 5.74) is 6.52. The molecule has 1 aliphatic heterocycles. The Morgan fingerprint density at radius 2 is 1.67 bits per heavy atom. The largest absolute Gasteiger partial charge is 0.339 e. The maximum Gasteiger partial charge on any atom is 0.142 e. The lowest BCUT2D eigenvalue weighted by Gasteiger charge is -2.27. The highest BCUT2D eigenvalue weighted by Gasteiger charge is 2.28. The van der Waals surface area contributed by atoms with E-state index >= 15 is 0 Å². The zero-order valence-corrected chi connectivity index (χ0v) is 17.9. The van der Waals surface area contributed by atoms with Crippen molar-refractivity contribution in [3.63, 3.8) is 0 Å². The summed E-state index contributed by atoms with van der Waals surface area (Å²) in [5.74, 6) is 2.08. The minimum absolute atomic E-state index is 0.207. The van der Waals surface area contributed by atoms with E-state index in [4.69, 9.17) is 11.6 Å². The molecule has 5 nitrogen and oxygen atoms in total. The van der Waals surface area contributed by atoms with Crippen LogP contribution >= 0.6 is 11.6 Å². The third-order valence-corrected chi connectivity index (χ3v) is 5.89. The van der Waals surface area contributed by atoms with Gasteiger partial charge in [-0.05, 0) is 61.9 Å². The predicted octanol–water partition coefficient (Wildman–Crippen LogP) is 5.85. The molecule has 1 aliphatic rings. The molecule has 2 aromatic heterocycles. The minimum atomic E-state index is 0.207. The van der Waals surface area contributed by atoms with Crippen molar-refractivity contribution in [3.05, 3.63) is 83.2 Å². The molecule has 150 valence electrons. The Morgan fingerprint density at radius 3 is 2.40 bits per heavy atom. The van der Waals surface area contributed by atoms with Gasteiger partial charge in [0.15, 0.2) is 0 Å². The fourth-order valence-electron chi connectivity index (χ4n) is 4.06. The monoisotopic (exact) mass is 415 g/mol. The lowest BCUT2D eigenvalue weighted by molar-refractivity contribution is 0.696. The van der Waals surface area contributed by atoms with E-state index in [1.54, 1.807) is 0 Å². The van der Waals surface area contributed by atoms with E-state index in [2.05, 4.69) is 68.0 Å². The average molecular weight is 416 g/mol. The molecule has 4 aromatic rings. The van der Waals surface area contributed by atoms with Gasteiger partial charge in [0, 0.05) is 40.6 Å². The van der Waals surface area contributed by atoms with Crippen LogP contribution in [0.3, 0.4) is 0 Å². The summed E-state index contributed by atoms with van der Waals surface area (Å²) in [6.07, 6.45) is 1.93. The summed E-state index contributed by atoms with van der Waals surface area (Å²) < 4.78 is 2.17. The molecule has 1 atom stereocenters. The fourth-order valence-corrected chi connectivity index (χ4v) is 4.19. The number of hydrogen-bond donors (Lipinski definition) is 0. The van der Waals surface area contributed by atoms with Gasteiger partial charge in [-0.25, -0.2) is 0 Å². The van der Waals surface area contributed by atoms with Crippen molar-refractivity contribution in [2.24, 2.45) is 0 Å². The van der Waals surface area contributed by atoms with Crippen LogP contribution in [0, 0.1) is 13.8 Å². The number of rotatable bonds is 2. The van der Waals surface area contributed by atoms with Crippen LogP contribution in [0.5, 0.6) is 0 Å². The zero-order chi connectivity index (χ0) is 20.8. The predicted molar refractivity (Wildman–Crippen MR) is 121 cm³/mol. The Hall–Kier alpha value is -3.18. The summed E-state index contributed by atoms with van der Waals surface area (Å²) in [6.45, 7) is 6.99.